The maximum Gasteiger partial charge on any atom is 0.267 e. The summed E-state index contributed by atoms with van der Waals surface area (Å²) in [7, 11) is -3.90. The molecule has 0 aliphatic heterocycles. The molecule has 3 rings (SSSR count). The average Bonchev–Trinajstić information content (AvgIpc) is 2.76. The van der Waals surface area contributed by atoms with Crippen molar-refractivity contribution < 1.29 is 8.42 Å². The van der Waals surface area contributed by atoms with Crippen LogP contribution in [0.25, 0.3) is 11.1 Å². The monoisotopic (exact) mass is 493 g/mol. The van der Waals surface area contributed by atoms with Crippen LogP contribution in [0, 0.1) is 13.8 Å². The first-order valence-electron chi connectivity index (χ1n) is 9.35. The zero-order valence-electron chi connectivity index (χ0n) is 16.9. The van der Waals surface area contributed by atoms with E-state index in [0.717, 1.165) is 40.1 Å². The molecule has 1 N–H and O–H groups in total. The van der Waals surface area contributed by atoms with Gasteiger partial charge in [-0.15, -0.1) is 0 Å². The number of nitrogens with zero attached hydrogens (tertiary/aromatic N) is 2. The molecule has 0 saturated carbocycles. The highest BCUT2D eigenvalue weighted by atomic mass is 35.5. The molecule has 0 aliphatic carbocycles. The van der Waals surface area contributed by atoms with Gasteiger partial charge in [-0.2, -0.15) is 0 Å². The first-order valence-corrected chi connectivity index (χ1v) is 12.3. The number of aryl methyl sites for hydroxylation is 2. The van der Waals surface area contributed by atoms with E-state index in [0.29, 0.717) is 14.8 Å². The molecule has 31 heavy (non-hydrogen) atoms. The van der Waals surface area contributed by atoms with Crippen molar-refractivity contribution in [3.63, 3.8) is 0 Å². The SMILES string of the molecule is Cc1ccc(Cl)cc1N=CCNSN(Cl)S(=O)(=O)c1ccc(C)c(-c2ccccc2)c1. The maximum atomic E-state index is 12.9. The predicted molar refractivity (Wildman–Crippen MR) is 131 cm³/mol. The van der Waals surface area contributed by atoms with Crippen LogP contribution in [0.5, 0.6) is 0 Å². The molecule has 0 aliphatic rings. The number of aliphatic imine (C=N–C) groups is 1. The van der Waals surface area contributed by atoms with Crippen LogP contribution >= 0.6 is 35.5 Å². The molecule has 0 fully saturated rings. The highest BCUT2D eigenvalue weighted by molar-refractivity contribution is 8.08. The van der Waals surface area contributed by atoms with E-state index < -0.39 is 10.0 Å². The number of halogens is 2. The van der Waals surface area contributed by atoms with Crippen LogP contribution in [-0.4, -0.2) is 24.4 Å². The molecule has 0 radical (unpaired) electrons. The second kappa shape index (κ2) is 10.6. The van der Waals surface area contributed by atoms with Gasteiger partial charge in [-0.25, -0.2) is 13.1 Å². The fraction of sp³-hybridized carbons (Fsp3) is 0.136. The van der Waals surface area contributed by atoms with Crippen molar-refractivity contribution >= 4 is 57.4 Å². The third kappa shape index (κ3) is 6.10. The second-order valence-corrected chi connectivity index (χ2v) is 10.7. The fourth-order valence-corrected chi connectivity index (χ4v) is 5.10. The molecule has 5 nitrogen and oxygen atoms in total. The lowest BCUT2D eigenvalue weighted by Crippen LogP contribution is -2.21. The van der Waals surface area contributed by atoms with Gasteiger partial charge in [0.1, 0.15) is 0 Å². The van der Waals surface area contributed by atoms with E-state index in [1.165, 1.54) is 0 Å². The largest absolute Gasteiger partial charge is 0.267 e. The van der Waals surface area contributed by atoms with Crippen LogP contribution in [0.4, 0.5) is 5.69 Å². The normalized spacial score (nSPS) is 12.0. The first kappa shape index (κ1) is 23.8. The Morgan fingerprint density at radius 2 is 1.74 bits per heavy atom. The van der Waals surface area contributed by atoms with E-state index in [4.69, 9.17) is 23.4 Å². The van der Waals surface area contributed by atoms with E-state index >= 15 is 0 Å². The molecule has 0 unspecified atom stereocenters. The molecule has 3 aromatic rings. The summed E-state index contributed by atoms with van der Waals surface area (Å²) < 4.78 is 29.3. The Morgan fingerprint density at radius 1 is 1.03 bits per heavy atom. The van der Waals surface area contributed by atoms with Gasteiger partial charge < -0.3 is 0 Å². The van der Waals surface area contributed by atoms with Crippen molar-refractivity contribution in [3.05, 3.63) is 82.9 Å². The van der Waals surface area contributed by atoms with E-state index in [-0.39, 0.29) is 4.90 Å². The molecule has 0 aromatic heterocycles. The third-order valence-corrected chi connectivity index (χ3v) is 7.96. The maximum absolute atomic E-state index is 12.9. The van der Waals surface area contributed by atoms with Crippen molar-refractivity contribution in [3.8, 4) is 11.1 Å². The first-order chi connectivity index (χ1) is 14.8. The molecule has 0 bridgehead atoms. The molecule has 0 amide bonds. The van der Waals surface area contributed by atoms with Gasteiger partial charge in [-0.05, 0) is 63.6 Å². The molecule has 9 heteroatoms. The van der Waals surface area contributed by atoms with E-state index in [9.17, 15) is 8.42 Å². The van der Waals surface area contributed by atoms with Gasteiger partial charge in [0.05, 0.1) is 10.6 Å². The molecule has 3 aromatic carbocycles. The minimum Gasteiger partial charge on any atom is -0.260 e. The predicted octanol–water partition coefficient (Wildman–Crippen LogP) is 6.32. The van der Waals surface area contributed by atoms with E-state index in [1.54, 1.807) is 36.5 Å². The van der Waals surface area contributed by atoms with Crippen molar-refractivity contribution in [1.82, 2.24) is 7.95 Å². The Bertz CT molecular complexity index is 1190. The van der Waals surface area contributed by atoms with E-state index in [2.05, 4.69) is 9.71 Å². The molecular formula is C22H21Cl2N3O2S2. The summed E-state index contributed by atoms with van der Waals surface area (Å²) in [5.74, 6) is 0. The van der Waals surface area contributed by atoms with Crippen molar-refractivity contribution in [1.29, 1.82) is 0 Å². The van der Waals surface area contributed by atoms with Crippen LogP contribution in [0.15, 0.2) is 76.6 Å². The Labute approximate surface area is 197 Å². The Morgan fingerprint density at radius 3 is 2.48 bits per heavy atom. The standard InChI is InChI=1S/C22H21Cl2N3O2S2/c1-16-9-11-20(15-21(16)18-6-4-3-5-7-18)31(28,29)27(24)30-26-13-12-25-22-14-19(23)10-8-17(22)2/h3-12,14-15,26H,13H2,1-2H3. The second-order valence-electron chi connectivity index (χ2n) is 6.71. The van der Waals surface area contributed by atoms with Gasteiger partial charge in [-0.3, -0.25) is 4.99 Å². The highest BCUT2D eigenvalue weighted by Gasteiger charge is 2.24. The summed E-state index contributed by atoms with van der Waals surface area (Å²) in [5.41, 5.74) is 4.50. The number of sulfonamides is 1. The highest BCUT2D eigenvalue weighted by Crippen LogP contribution is 2.30. The molecule has 0 atom stereocenters. The lowest BCUT2D eigenvalue weighted by atomic mass is 10.0. The summed E-state index contributed by atoms with van der Waals surface area (Å²) in [5, 5.41) is 0.603. The van der Waals surface area contributed by atoms with Gasteiger partial charge in [0.2, 0.25) is 0 Å². The van der Waals surface area contributed by atoms with Gasteiger partial charge >= 0.3 is 0 Å². The fourth-order valence-electron chi connectivity index (χ4n) is 2.81. The average molecular weight is 494 g/mol. The van der Waals surface area contributed by atoms with Crippen molar-refractivity contribution in [2.24, 2.45) is 4.99 Å². The zero-order valence-corrected chi connectivity index (χ0v) is 20.1. The molecule has 0 spiro atoms. The minimum absolute atomic E-state index is 0.115. The molecule has 162 valence electrons. The van der Waals surface area contributed by atoms with Crippen LogP contribution in [0.2, 0.25) is 5.02 Å². The number of hydrogen-bond acceptors (Lipinski definition) is 5. The van der Waals surface area contributed by atoms with Crippen LogP contribution in [-0.2, 0) is 10.0 Å². The summed E-state index contributed by atoms with van der Waals surface area (Å²) in [6.07, 6.45) is 1.63. The number of nitrogens with one attached hydrogen (secondary N) is 1. The Balaban J connectivity index is 1.65. The third-order valence-electron chi connectivity index (χ3n) is 4.49. The summed E-state index contributed by atoms with van der Waals surface area (Å²) in [6.45, 7) is 4.18. The molecule has 0 saturated heterocycles. The smallest absolute Gasteiger partial charge is 0.260 e. The van der Waals surface area contributed by atoms with Gasteiger partial charge in [0, 0.05) is 41.7 Å². The van der Waals surface area contributed by atoms with Crippen molar-refractivity contribution in [2.45, 2.75) is 18.7 Å². The zero-order chi connectivity index (χ0) is 22.4. The number of benzene rings is 3. The van der Waals surface area contributed by atoms with Gasteiger partial charge in [0.25, 0.3) is 10.0 Å². The summed E-state index contributed by atoms with van der Waals surface area (Å²) >= 11 is 12.8. The summed E-state index contributed by atoms with van der Waals surface area (Å²) in [4.78, 5) is 4.46. The van der Waals surface area contributed by atoms with Gasteiger partial charge in [-0.1, -0.05) is 54.1 Å². The molecular weight excluding hydrogens is 473 g/mol. The van der Waals surface area contributed by atoms with Crippen LogP contribution in [0.3, 0.4) is 0 Å². The lowest BCUT2D eigenvalue weighted by molar-refractivity contribution is 0.581. The minimum atomic E-state index is -3.90. The molecule has 0 heterocycles. The lowest BCUT2D eigenvalue weighted by Gasteiger charge is -2.15. The van der Waals surface area contributed by atoms with Crippen molar-refractivity contribution in [2.75, 3.05) is 6.54 Å². The quantitative estimate of drug-likeness (QED) is 0.172. The van der Waals surface area contributed by atoms with Gasteiger partial charge in [0.15, 0.2) is 0 Å². The topological polar surface area (TPSA) is 61.8 Å². The number of rotatable bonds is 8. The van der Waals surface area contributed by atoms with Crippen LogP contribution < -0.4 is 4.72 Å². The Hall–Kier alpha value is -1.87. The van der Waals surface area contributed by atoms with E-state index in [1.807, 2.05) is 50.2 Å². The summed E-state index contributed by atoms with van der Waals surface area (Å²) in [6, 6.07) is 20.0. The Kier molecular flexibility index (Phi) is 8.16. The van der Waals surface area contributed by atoms with Crippen LogP contribution in [0.1, 0.15) is 11.1 Å². The number of hydrogen-bond donors (Lipinski definition) is 1.